The summed E-state index contributed by atoms with van der Waals surface area (Å²) in [7, 11) is 0.713. The first-order valence-corrected chi connectivity index (χ1v) is 9.89. The number of hydrogen-bond acceptors (Lipinski definition) is 2. The van der Waals surface area contributed by atoms with Crippen LogP contribution in [0.4, 0.5) is 0 Å². The minimum Gasteiger partial charge on any atom is -0.389 e. The minimum atomic E-state index is -0.486. The van der Waals surface area contributed by atoms with Crippen molar-refractivity contribution < 1.29 is 5.11 Å². The van der Waals surface area contributed by atoms with E-state index in [2.05, 4.69) is 42.5 Å². The summed E-state index contributed by atoms with van der Waals surface area (Å²) in [5, 5.41) is 15.0. The molecule has 0 aromatic heterocycles. The van der Waals surface area contributed by atoms with Crippen LogP contribution >= 0.6 is 19.2 Å². The lowest BCUT2D eigenvalue weighted by Crippen LogP contribution is -2.39. The van der Waals surface area contributed by atoms with Gasteiger partial charge in [-0.3, -0.25) is 0 Å². The van der Waals surface area contributed by atoms with Gasteiger partial charge >= 0.3 is 0 Å². The molecule has 3 heteroatoms. The second-order valence-corrected chi connectivity index (χ2v) is 8.71. The Kier molecular flexibility index (Phi) is 4.35. The van der Waals surface area contributed by atoms with E-state index in [-0.39, 0.29) is 0 Å². The molecule has 0 saturated heterocycles. The monoisotopic (exact) mass is 304 g/mol. The number of aliphatic hydroxyl groups is 1. The fourth-order valence-electron chi connectivity index (χ4n) is 2.92. The molecule has 0 bridgehead atoms. The maximum absolute atomic E-state index is 10.5. The maximum atomic E-state index is 10.5. The Morgan fingerprint density at radius 3 is 2.80 bits per heavy atom. The molecule has 0 amide bonds. The van der Waals surface area contributed by atoms with Gasteiger partial charge in [0.2, 0.25) is 0 Å². The summed E-state index contributed by atoms with van der Waals surface area (Å²) in [4.78, 5) is 0. The summed E-state index contributed by atoms with van der Waals surface area (Å²) in [5.41, 5.74) is -0.486. The third kappa shape index (κ3) is 3.03. The Labute approximate surface area is 126 Å². The van der Waals surface area contributed by atoms with Gasteiger partial charge in [-0.15, -0.1) is 11.4 Å². The lowest BCUT2D eigenvalue weighted by molar-refractivity contribution is 0.0296. The van der Waals surface area contributed by atoms with Crippen LogP contribution in [0.5, 0.6) is 0 Å². The van der Waals surface area contributed by atoms with Crippen molar-refractivity contribution in [2.75, 3.05) is 0 Å². The third-order valence-corrected chi connectivity index (χ3v) is 7.86. The Morgan fingerprint density at radius 1 is 1.15 bits per heavy atom. The number of rotatable bonds is 3. The first-order chi connectivity index (χ1) is 9.67. The Hall–Kier alpha value is -0.560. The maximum Gasteiger partial charge on any atom is 0.0741 e. The summed E-state index contributed by atoms with van der Waals surface area (Å²) in [6.45, 7) is 2.01. The summed E-state index contributed by atoms with van der Waals surface area (Å²) in [6.07, 6.45) is 4.52. The zero-order valence-electron chi connectivity index (χ0n) is 11.8. The molecule has 1 saturated carbocycles. The first kappa shape index (κ1) is 14.4. The minimum absolute atomic E-state index is 0.383. The molecule has 2 aromatic carbocycles. The van der Waals surface area contributed by atoms with Crippen LogP contribution in [0.3, 0.4) is 0 Å². The van der Waals surface area contributed by atoms with E-state index in [0.717, 1.165) is 12.8 Å². The van der Waals surface area contributed by atoms with E-state index in [9.17, 15) is 5.11 Å². The van der Waals surface area contributed by atoms with Crippen molar-refractivity contribution in [3.05, 3.63) is 42.5 Å². The zero-order chi connectivity index (χ0) is 14.0. The van der Waals surface area contributed by atoms with Crippen molar-refractivity contribution in [1.82, 2.24) is 0 Å². The van der Waals surface area contributed by atoms with Crippen LogP contribution in [-0.4, -0.2) is 16.0 Å². The highest BCUT2D eigenvalue weighted by Gasteiger charge is 2.34. The van der Waals surface area contributed by atoms with Gasteiger partial charge in [-0.05, 0) is 43.6 Å². The van der Waals surface area contributed by atoms with Gasteiger partial charge in [0.15, 0.2) is 0 Å². The van der Waals surface area contributed by atoms with Gasteiger partial charge in [0, 0.05) is 5.25 Å². The van der Waals surface area contributed by atoms with Gasteiger partial charge in [0.1, 0.15) is 0 Å². The van der Waals surface area contributed by atoms with E-state index >= 15 is 0 Å². The molecule has 0 aliphatic heterocycles. The van der Waals surface area contributed by atoms with E-state index in [4.69, 9.17) is 0 Å². The summed E-state index contributed by atoms with van der Waals surface area (Å²) in [6, 6.07) is 15.1. The summed E-state index contributed by atoms with van der Waals surface area (Å²) in [5.74, 6) is 0. The van der Waals surface area contributed by atoms with Crippen molar-refractivity contribution in [3.63, 3.8) is 0 Å². The van der Waals surface area contributed by atoms with Crippen molar-refractivity contribution >= 4 is 35.2 Å². The zero-order valence-corrected chi connectivity index (χ0v) is 13.6. The second kappa shape index (κ2) is 6.05. The molecule has 3 rings (SSSR count). The Balaban J connectivity index is 1.77. The number of benzene rings is 2. The Bertz CT molecular complexity index is 591. The molecule has 1 fully saturated rings. The van der Waals surface area contributed by atoms with Crippen LogP contribution in [0, 0.1) is 0 Å². The van der Waals surface area contributed by atoms with Gasteiger partial charge in [-0.2, -0.15) is 0 Å². The molecule has 2 aromatic rings. The van der Waals surface area contributed by atoms with E-state index < -0.39 is 5.60 Å². The predicted octanol–water partition coefficient (Wildman–Crippen LogP) is 4.49. The molecule has 1 N–H and O–H groups in total. The van der Waals surface area contributed by atoms with Crippen LogP contribution in [0.2, 0.25) is 0 Å². The molecular formula is C17H21OPS. The van der Waals surface area contributed by atoms with Crippen molar-refractivity contribution in [2.45, 2.75) is 43.5 Å². The van der Waals surface area contributed by atoms with E-state index in [0.29, 0.717) is 13.0 Å². The van der Waals surface area contributed by atoms with Crippen molar-refractivity contribution in [2.24, 2.45) is 0 Å². The lowest BCUT2D eigenvalue weighted by atomic mass is 9.86. The van der Waals surface area contributed by atoms with Crippen molar-refractivity contribution in [1.29, 1.82) is 0 Å². The second-order valence-electron chi connectivity index (χ2n) is 5.84. The topological polar surface area (TPSA) is 20.2 Å². The largest absolute Gasteiger partial charge is 0.389 e. The third-order valence-electron chi connectivity index (χ3n) is 4.19. The number of fused-ring (bicyclic) bond motifs is 1. The molecule has 20 heavy (non-hydrogen) atoms. The normalized spacial score (nSPS) is 27.4. The van der Waals surface area contributed by atoms with E-state index in [1.54, 1.807) is 0 Å². The van der Waals surface area contributed by atoms with E-state index in [1.165, 1.54) is 28.9 Å². The van der Waals surface area contributed by atoms with Crippen LogP contribution in [0.25, 0.3) is 10.8 Å². The fourth-order valence-corrected chi connectivity index (χ4v) is 6.80. The average Bonchev–Trinajstić information content (AvgIpc) is 2.46. The molecule has 3 atom stereocenters. The molecule has 1 aliphatic rings. The molecular weight excluding hydrogens is 283 g/mol. The van der Waals surface area contributed by atoms with Gasteiger partial charge in [-0.1, -0.05) is 55.3 Å². The molecule has 3 unspecified atom stereocenters. The molecule has 1 aliphatic carbocycles. The highest BCUT2D eigenvalue weighted by Crippen LogP contribution is 2.45. The van der Waals surface area contributed by atoms with Gasteiger partial charge in [-0.25, -0.2) is 0 Å². The summed E-state index contributed by atoms with van der Waals surface area (Å²) >= 11 is 1.95. The number of hydrogen-bond donors (Lipinski definition) is 1. The fraction of sp³-hybridized carbons (Fsp3) is 0.412. The molecule has 0 radical (unpaired) electrons. The molecule has 0 spiro atoms. The van der Waals surface area contributed by atoms with Gasteiger partial charge < -0.3 is 5.11 Å². The van der Waals surface area contributed by atoms with Gasteiger partial charge in [0.05, 0.1) is 5.60 Å². The van der Waals surface area contributed by atoms with Crippen LogP contribution in [-0.2, 0) is 0 Å². The van der Waals surface area contributed by atoms with Crippen molar-refractivity contribution in [3.8, 4) is 0 Å². The first-order valence-electron chi connectivity index (χ1n) is 7.29. The molecule has 1 nitrogen and oxygen atoms in total. The SMILES string of the molecule is CC1(O)CCCCC1SPc1cccc2ccccc12. The lowest BCUT2D eigenvalue weighted by Gasteiger charge is -2.36. The molecule has 0 heterocycles. The van der Waals surface area contributed by atoms with E-state index in [1.807, 2.05) is 18.3 Å². The van der Waals surface area contributed by atoms with Crippen LogP contribution < -0.4 is 5.30 Å². The van der Waals surface area contributed by atoms with Crippen LogP contribution in [0.15, 0.2) is 42.5 Å². The Morgan fingerprint density at radius 2 is 1.95 bits per heavy atom. The smallest absolute Gasteiger partial charge is 0.0741 e. The average molecular weight is 304 g/mol. The summed E-state index contributed by atoms with van der Waals surface area (Å²) < 4.78 is 0. The highest BCUT2D eigenvalue weighted by atomic mass is 32.7. The quantitative estimate of drug-likeness (QED) is 0.843. The van der Waals surface area contributed by atoms with Crippen LogP contribution in [0.1, 0.15) is 32.6 Å². The van der Waals surface area contributed by atoms with Gasteiger partial charge in [0.25, 0.3) is 0 Å². The highest BCUT2D eigenvalue weighted by molar-refractivity contribution is 8.51. The molecule has 106 valence electrons. The standard InChI is InChI=1S/C17H21OPS/c1-17(18)12-5-4-11-16(17)20-19-15-10-6-8-13-7-2-3-9-14(13)15/h2-3,6-10,16,18-19H,4-5,11-12H2,1H3. The predicted molar refractivity (Wildman–Crippen MR) is 92.4 cm³/mol.